The summed E-state index contributed by atoms with van der Waals surface area (Å²) in [5.41, 5.74) is 0.724. The van der Waals surface area contributed by atoms with E-state index in [1.165, 1.54) is 25.7 Å². The molecule has 2 nitrogen and oxygen atoms in total. The molecule has 4 aliphatic rings. The molecule has 4 saturated carbocycles. The average Bonchev–Trinajstić information content (AvgIpc) is 3.36. The van der Waals surface area contributed by atoms with Crippen LogP contribution < -0.4 is 0 Å². The Morgan fingerprint density at radius 2 is 1.02 bits per heavy atom. The van der Waals surface area contributed by atoms with Gasteiger partial charge in [0.25, 0.3) is 0 Å². The molecule has 2 heteroatoms. The molecule has 4 aliphatic carbocycles. The molecule has 0 aliphatic heterocycles. The summed E-state index contributed by atoms with van der Waals surface area (Å²) in [6.45, 7) is 22.4. The van der Waals surface area contributed by atoms with Crippen LogP contribution in [0.4, 0.5) is 0 Å². The minimum atomic E-state index is 0.0998. The molecule has 0 aromatic heterocycles. The van der Waals surface area contributed by atoms with Crippen LogP contribution in [0.25, 0.3) is 0 Å². The molecule has 40 heavy (non-hydrogen) atoms. The van der Waals surface area contributed by atoms with E-state index < -0.39 is 0 Å². The topological polar surface area (TPSA) is 34.1 Å². The average molecular weight is 549 g/mol. The Bertz CT molecular complexity index is 946. The van der Waals surface area contributed by atoms with Gasteiger partial charge in [-0.25, -0.2) is 0 Å². The Morgan fingerprint density at radius 3 is 1.35 bits per heavy atom. The van der Waals surface area contributed by atoms with E-state index in [9.17, 15) is 9.59 Å². The van der Waals surface area contributed by atoms with E-state index in [2.05, 4.69) is 92.9 Å². The summed E-state index contributed by atoms with van der Waals surface area (Å²) in [6.07, 6.45) is 13.0. The lowest BCUT2D eigenvalue weighted by molar-refractivity contribution is -0.130. The highest BCUT2D eigenvalue weighted by Gasteiger charge is 2.53. The highest BCUT2D eigenvalue weighted by molar-refractivity contribution is 5.83. The van der Waals surface area contributed by atoms with Gasteiger partial charge in [-0.1, -0.05) is 39.5 Å². The zero-order chi connectivity index (χ0) is 29.9. The Labute approximate surface area is 248 Å². The van der Waals surface area contributed by atoms with Crippen LogP contribution >= 0.6 is 0 Å². The first kappa shape index (κ1) is 33.0. The van der Waals surface area contributed by atoms with E-state index in [0.29, 0.717) is 47.1 Å². The van der Waals surface area contributed by atoms with Crippen molar-refractivity contribution in [1.82, 2.24) is 0 Å². The van der Waals surface area contributed by atoms with Gasteiger partial charge >= 0.3 is 0 Å². The fourth-order valence-electron chi connectivity index (χ4n) is 9.05. The second kappa shape index (κ2) is 12.8. The lowest BCUT2D eigenvalue weighted by atomic mass is 9.62. The third kappa shape index (κ3) is 7.84. The van der Waals surface area contributed by atoms with Crippen molar-refractivity contribution in [1.29, 1.82) is 0 Å². The summed E-state index contributed by atoms with van der Waals surface area (Å²) in [4.78, 5) is 24.3. The summed E-state index contributed by atoms with van der Waals surface area (Å²) < 4.78 is 0. The van der Waals surface area contributed by atoms with Crippen LogP contribution in [0.15, 0.2) is 0 Å². The first-order chi connectivity index (χ1) is 18.5. The maximum atomic E-state index is 12.2. The van der Waals surface area contributed by atoms with Crippen molar-refractivity contribution in [3.63, 3.8) is 0 Å². The van der Waals surface area contributed by atoms with Crippen LogP contribution in [-0.4, -0.2) is 11.6 Å². The minimum Gasteiger partial charge on any atom is -0.299 e. The number of fused-ring (bicyclic) bond motifs is 2. The second-order valence-corrected chi connectivity index (χ2v) is 16.6. The molecule has 0 radical (unpaired) electrons. The third-order valence-corrected chi connectivity index (χ3v) is 11.0. The fourth-order valence-corrected chi connectivity index (χ4v) is 9.05. The molecule has 0 spiro atoms. The molecule has 0 unspecified atom stereocenters. The largest absolute Gasteiger partial charge is 0.299 e. The van der Waals surface area contributed by atoms with Gasteiger partial charge in [0, 0.05) is 48.3 Å². The lowest BCUT2D eigenvalue weighted by Gasteiger charge is -2.42. The van der Waals surface area contributed by atoms with Gasteiger partial charge in [-0.05, 0) is 127 Å². The first-order valence-electron chi connectivity index (χ1n) is 16.5. The summed E-state index contributed by atoms with van der Waals surface area (Å²) in [7, 11) is 0. The van der Waals surface area contributed by atoms with E-state index in [1.54, 1.807) is 0 Å². The van der Waals surface area contributed by atoms with E-state index in [-0.39, 0.29) is 21.7 Å². The maximum absolute atomic E-state index is 12.2. The van der Waals surface area contributed by atoms with Crippen LogP contribution in [0.3, 0.4) is 0 Å². The molecule has 4 rings (SSSR count). The summed E-state index contributed by atoms with van der Waals surface area (Å²) in [5, 5.41) is 0. The Balaban J connectivity index is 0.000000220. The van der Waals surface area contributed by atoms with Crippen LogP contribution in [-0.2, 0) is 9.59 Å². The number of ketones is 2. The highest BCUT2D eigenvalue weighted by atomic mass is 16.1. The second-order valence-electron chi connectivity index (χ2n) is 16.6. The quantitative estimate of drug-likeness (QED) is 0.328. The number of rotatable bonds is 4. The molecule has 0 N–H and O–H groups in total. The molecule has 8 atom stereocenters. The Kier molecular flexibility index (Phi) is 10.5. The predicted octanol–water partition coefficient (Wildman–Crippen LogP) is 9.70. The van der Waals surface area contributed by atoms with Crippen molar-refractivity contribution in [2.75, 3.05) is 0 Å². The highest BCUT2D eigenvalue weighted by Crippen LogP contribution is 2.58. The van der Waals surface area contributed by atoms with E-state index in [1.807, 2.05) is 0 Å². The molecular weight excluding hydrogens is 488 g/mol. The molecule has 0 aromatic rings. The predicted molar refractivity (Wildman–Crippen MR) is 168 cm³/mol. The summed E-state index contributed by atoms with van der Waals surface area (Å²) >= 11 is 0. The van der Waals surface area contributed by atoms with Crippen LogP contribution in [0.1, 0.15) is 146 Å². The van der Waals surface area contributed by atoms with Crippen molar-refractivity contribution >= 4 is 11.6 Å². The number of carbonyl (C=O) groups excluding carboxylic acids is 2. The van der Waals surface area contributed by atoms with Gasteiger partial charge in [0.1, 0.15) is 11.6 Å². The first-order valence-corrected chi connectivity index (χ1v) is 16.5. The van der Waals surface area contributed by atoms with Crippen LogP contribution in [0, 0.1) is 80.8 Å². The zero-order valence-corrected chi connectivity index (χ0v) is 27.8. The molecule has 0 amide bonds. The van der Waals surface area contributed by atoms with Crippen molar-refractivity contribution in [2.24, 2.45) is 57.2 Å². The van der Waals surface area contributed by atoms with Crippen LogP contribution in [0.2, 0.25) is 0 Å². The van der Waals surface area contributed by atoms with Gasteiger partial charge in [-0.15, -0.1) is 11.8 Å². The molecular formula is C38H60O2. The zero-order valence-electron chi connectivity index (χ0n) is 27.8. The number of hydrogen-bond acceptors (Lipinski definition) is 2. The standard InChI is InChI=1S/2C19H30O/c2*1-14(8-6-12-18(2,3)4)15-10-11-16-17(20)9-7-13-19(15,16)5/h2*14-16H,7-11,13H2,1-5H3/t14-,15-,16+,19-;14-,15-,16-,19-/m11/s1. The molecule has 0 bridgehead atoms. The van der Waals surface area contributed by atoms with E-state index in [0.717, 1.165) is 51.4 Å². The normalized spacial score (nSPS) is 35.1. The maximum Gasteiger partial charge on any atom is 0.136 e. The van der Waals surface area contributed by atoms with Gasteiger partial charge in [0.15, 0.2) is 0 Å². The SMILES string of the molecule is C[C@H](CC#CC(C)(C)C)[C@H]1CC[C@@H]2C(=O)CCC[C@@]21C.C[C@H](CC#CC(C)(C)C)[C@H]1CC[C@H]2C(=O)CCC[C@]12C. The fraction of sp³-hybridized carbons (Fsp3) is 0.842. The van der Waals surface area contributed by atoms with Gasteiger partial charge in [0.05, 0.1) is 0 Å². The van der Waals surface area contributed by atoms with Crippen LogP contribution in [0.5, 0.6) is 0 Å². The Morgan fingerprint density at radius 1 is 0.675 bits per heavy atom. The smallest absolute Gasteiger partial charge is 0.136 e. The molecule has 0 aromatic carbocycles. The van der Waals surface area contributed by atoms with Crippen molar-refractivity contribution in [3.8, 4) is 23.7 Å². The van der Waals surface area contributed by atoms with E-state index in [4.69, 9.17) is 0 Å². The number of Topliss-reactive ketones (excluding diaryl/α,β-unsaturated/α-hetero) is 2. The van der Waals surface area contributed by atoms with Crippen molar-refractivity contribution in [3.05, 3.63) is 0 Å². The van der Waals surface area contributed by atoms with E-state index >= 15 is 0 Å². The van der Waals surface area contributed by atoms with Gasteiger partial charge in [-0.2, -0.15) is 0 Å². The third-order valence-electron chi connectivity index (χ3n) is 11.0. The summed E-state index contributed by atoms with van der Waals surface area (Å²) in [6, 6.07) is 0. The minimum absolute atomic E-state index is 0.0998. The van der Waals surface area contributed by atoms with Crippen molar-refractivity contribution in [2.45, 2.75) is 146 Å². The molecule has 4 fully saturated rings. The van der Waals surface area contributed by atoms with Gasteiger partial charge in [0.2, 0.25) is 0 Å². The monoisotopic (exact) mass is 548 g/mol. The Hall–Kier alpha value is -1.54. The number of hydrogen-bond donors (Lipinski definition) is 0. The molecule has 0 saturated heterocycles. The van der Waals surface area contributed by atoms with Gasteiger partial charge < -0.3 is 0 Å². The van der Waals surface area contributed by atoms with Gasteiger partial charge in [-0.3, -0.25) is 9.59 Å². The molecule has 0 heterocycles. The van der Waals surface area contributed by atoms with Crippen molar-refractivity contribution < 1.29 is 9.59 Å². The summed E-state index contributed by atoms with van der Waals surface area (Å²) in [5.74, 6) is 17.9. The molecule has 224 valence electrons. The number of carbonyl (C=O) groups is 2. The lowest BCUT2D eigenvalue weighted by Crippen LogP contribution is -2.39.